The van der Waals surface area contributed by atoms with Gasteiger partial charge in [-0.05, 0) is 17.7 Å². The summed E-state index contributed by atoms with van der Waals surface area (Å²) in [5, 5.41) is 0. The van der Waals surface area contributed by atoms with Crippen molar-refractivity contribution in [2.45, 2.75) is 6.54 Å². The van der Waals surface area contributed by atoms with Gasteiger partial charge in [-0.25, -0.2) is 4.79 Å². The van der Waals surface area contributed by atoms with Crippen LogP contribution in [0.25, 0.3) is 0 Å². The smallest absolute Gasteiger partial charge is 0.314 e. The van der Waals surface area contributed by atoms with Crippen molar-refractivity contribution in [3.63, 3.8) is 0 Å². The van der Waals surface area contributed by atoms with Crippen molar-refractivity contribution in [3.05, 3.63) is 35.4 Å². The second-order valence-corrected chi connectivity index (χ2v) is 3.40. The molecule has 0 bridgehead atoms. The van der Waals surface area contributed by atoms with Crippen LogP contribution in [0, 0.1) is 11.8 Å². The van der Waals surface area contributed by atoms with Gasteiger partial charge < -0.3 is 16.4 Å². The molecule has 0 aliphatic rings. The number of carbonyl (C=O) groups is 1. The van der Waals surface area contributed by atoms with Gasteiger partial charge in [0.15, 0.2) is 0 Å². The first-order chi connectivity index (χ1) is 7.63. The summed E-state index contributed by atoms with van der Waals surface area (Å²) in [6.07, 6.45) is 0. The standard InChI is InChI=1S/C12H15N3O/c1-15(12(14)16)9-11-6-4-10(5-7-11)3-2-8-13/h4-7H,8-9,13H2,1H3,(H2,14,16). The van der Waals surface area contributed by atoms with Gasteiger partial charge in [0.05, 0.1) is 6.54 Å². The lowest BCUT2D eigenvalue weighted by Crippen LogP contribution is -2.31. The summed E-state index contributed by atoms with van der Waals surface area (Å²) in [5.74, 6) is 5.70. The molecule has 4 heteroatoms. The maximum absolute atomic E-state index is 10.8. The average Bonchev–Trinajstić information content (AvgIpc) is 2.28. The molecule has 0 aliphatic carbocycles. The molecule has 0 aliphatic heterocycles. The molecule has 0 spiro atoms. The van der Waals surface area contributed by atoms with E-state index in [9.17, 15) is 4.79 Å². The second kappa shape index (κ2) is 5.79. The number of hydrogen-bond donors (Lipinski definition) is 2. The minimum Gasteiger partial charge on any atom is -0.351 e. The third kappa shape index (κ3) is 3.64. The molecule has 1 aromatic carbocycles. The molecule has 84 valence electrons. The first-order valence-electron chi connectivity index (χ1n) is 4.92. The number of hydrogen-bond acceptors (Lipinski definition) is 2. The molecular weight excluding hydrogens is 202 g/mol. The van der Waals surface area contributed by atoms with Crippen molar-refractivity contribution < 1.29 is 4.79 Å². The average molecular weight is 217 g/mol. The van der Waals surface area contributed by atoms with Crippen LogP contribution in [0.2, 0.25) is 0 Å². The van der Waals surface area contributed by atoms with Crippen molar-refractivity contribution in [2.75, 3.05) is 13.6 Å². The van der Waals surface area contributed by atoms with E-state index in [1.54, 1.807) is 7.05 Å². The van der Waals surface area contributed by atoms with Gasteiger partial charge in [-0.15, -0.1) is 0 Å². The molecule has 16 heavy (non-hydrogen) atoms. The summed E-state index contributed by atoms with van der Waals surface area (Å²) in [5.41, 5.74) is 12.3. The van der Waals surface area contributed by atoms with E-state index in [2.05, 4.69) is 11.8 Å². The summed E-state index contributed by atoms with van der Waals surface area (Å²) in [6.45, 7) is 0.853. The van der Waals surface area contributed by atoms with Crippen molar-refractivity contribution in [3.8, 4) is 11.8 Å². The largest absolute Gasteiger partial charge is 0.351 e. The highest BCUT2D eigenvalue weighted by Gasteiger charge is 2.03. The Balaban J connectivity index is 2.68. The van der Waals surface area contributed by atoms with Crippen LogP contribution in [-0.2, 0) is 6.54 Å². The third-order valence-electron chi connectivity index (χ3n) is 2.08. The van der Waals surface area contributed by atoms with Gasteiger partial charge in [0, 0.05) is 19.2 Å². The summed E-state index contributed by atoms with van der Waals surface area (Å²) < 4.78 is 0. The second-order valence-electron chi connectivity index (χ2n) is 3.40. The Kier molecular flexibility index (Phi) is 4.37. The monoisotopic (exact) mass is 217 g/mol. The number of amides is 2. The number of benzene rings is 1. The van der Waals surface area contributed by atoms with Crippen LogP contribution in [-0.4, -0.2) is 24.5 Å². The number of carbonyl (C=O) groups excluding carboxylic acids is 1. The van der Waals surface area contributed by atoms with Crippen molar-refractivity contribution in [1.29, 1.82) is 0 Å². The van der Waals surface area contributed by atoms with Gasteiger partial charge in [-0.1, -0.05) is 24.0 Å². The van der Waals surface area contributed by atoms with Crippen LogP contribution in [0.15, 0.2) is 24.3 Å². The lowest BCUT2D eigenvalue weighted by molar-refractivity contribution is 0.216. The predicted octanol–water partition coefficient (Wildman–Crippen LogP) is 0.507. The molecule has 4 nitrogen and oxygen atoms in total. The Morgan fingerprint density at radius 2 is 2.00 bits per heavy atom. The highest BCUT2D eigenvalue weighted by Crippen LogP contribution is 2.05. The van der Waals surface area contributed by atoms with E-state index in [4.69, 9.17) is 11.5 Å². The lowest BCUT2D eigenvalue weighted by atomic mass is 10.1. The van der Waals surface area contributed by atoms with Gasteiger partial charge in [0.1, 0.15) is 0 Å². The van der Waals surface area contributed by atoms with E-state index in [1.807, 2.05) is 24.3 Å². The summed E-state index contributed by atoms with van der Waals surface area (Å²) >= 11 is 0. The molecule has 0 atom stereocenters. The molecule has 0 heterocycles. The Hall–Kier alpha value is -1.99. The quantitative estimate of drug-likeness (QED) is 0.708. The summed E-state index contributed by atoms with van der Waals surface area (Å²) in [4.78, 5) is 12.3. The van der Waals surface area contributed by atoms with Crippen LogP contribution in [0.4, 0.5) is 4.79 Å². The Labute approximate surface area is 95.2 Å². The molecular formula is C12H15N3O. The first kappa shape index (κ1) is 12.1. The predicted molar refractivity (Wildman–Crippen MR) is 63.4 cm³/mol. The number of primary amides is 1. The van der Waals surface area contributed by atoms with E-state index in [0.29, 0.717) is 13.1 Å². The molecule has 0 saturated heterocycles. The van der Waals surface area contributed by atoms with E-state index < -0.39 is 6.03 Å². The Morgan fingerprint density at radius 1 is 1.38 bits per heavy atom. The van der Waals surface area contributed by atoms with E-state index in [-0.39, 0.29) is 0 Å². The Bertz CT molecular complexity index is 414. The van der Waals surface area contributed by atoms with Crippen molar-refractivity contribution in [2.24, 2.45) is 11.5 Å². The fourth-order valence-corrected chi connectivity index (χ4v) is 1.20. The molecule has 0 radical (unpaired) electrons. The molecule has 0 fully saturated rings. The van der Waals surface area contributed by atoms with Crippen LogP contribution in [0.3, 0.4) is 0 Å². The van der Waals surface area contributed by atoms with Crippen molar-refractivity contribution >= 4 is 6.03 Å². The van der Waals surface area contributed by atoms with Gasteiger partial charge in [0.2, 0.25) is 0 Å². The third-order valence-corrected chi connectivity index (χ3v) is 2.08. The van der Waals surface area contributed by atoms with Crippen LogP contribution in [0.5, 0.6) is 0 Å². The van der Waals surface area contributed by atoms with Crippen molar-refractivity contribution in [1.82, 2.24) is 4.90 Å². The molecule has 0 saturated carbocycles. The zero-order chi connectivity index (χ0) is 12.0. The maximum atomic E-state index is 10.8. The van der Waals surface area contributed by atoms with Gasteiger partial charge in [-0.3, -0.25) is 0 Å². The fraction of sp³-hybridized carbons (Fsp3) is 0.250. The zero-order valence-electron chi connectivity index (χ0n) is 9.23. The summed E-state index contributed by atoms with van der Waals surface area (Å²) in [6, 6.07) is 7.19. The summed E-state index contributed by atoms with van der Waals surface area (Å²) in [7, 11) is 1.66. The highest BCUT2D eigenvalue weighted by atomic mass is 16.2. The van der Waals surface area contributed by atoms with Crippen LogP contribution in [0.1, 0.15) is 11.1 Å². The number of nitrogens with zero attached hydrogens (tertiary/aromatic N) is 1. The van der Waals surface area contributed by atoms with E-state index in [1.165, 1.54) is 4.90 Å². The molecule has 0 unspecified atom stereocenters. The van der Waals surface area contributed by atoms with Gasteiger partial charge in [-0.2, -0.15) is 0 Å². The van der Waals surface area contributed by atoms with Gasteiger partial charge in [0.25, 0.3) is 0 Å². The number of nitrogens with two attached hydrogens (primary N) is 2. The SMILES string of the molecule is CN(Cc1ccc(C#CCN)cc1)C(N)=O. The highest BCUT2D eigenvalue weighted by molar-refractivity contribution is 5.71. The fourth-order valence-electron chi connectivity index (χ4n) is 1.20. The maximum Gasteiger partial charge on any atom is 0.314 e. The molecule has 1 rings (SSSR count). The van der Waals surface area contributed by atoms with E-state index in [0.717, 1.165) is 11.1 Å². The topological polar surface area (TPSA) is 72.3 Å². The zero-order valence-corrected chi connectivity index (χ0v) is 9.23. The lowest BCUT2D eigenvalue weighted by Gasteiger charge is -2.13. The normalized spacial score (nSPS) is 9.12. The number of rotatable bonds is 2. The van der Waals surface area contributed by atoms with E-state index >= 15 is 0 Å². The Morgan fingerprint density at radius 3 is 2.50 bits per heavy atom. The molecule has 1 aromatic rings. The molecule has 4 N–H and O–H groups in total. The number of urea groups is 1. The van der Waals surface area contributed by atoms with Gasteiger partial charge >= 0.3 is 6.03 Å². The minimum atomic E-state index is -0.438. The first-order valence-corrected chi connectivity index (χ1v) is 4.92. The molecule has 0 aromatic heterocycles. The molecule has 2 amide bonds. The minimum absolute atomic E-state index is 0.353. The van der Waals surface area contributed by atoms with Crippen LogP contribution >= 0.6 is 0 Å². The van der Waals surface area contributed by atoms with Crippen LogP contribution < -0.4 is 11.5 Å².